The zero-order chi connectivity index (χ0) is 13.7. The Hall–Kier alpha value is -2.15. The van der Waals surface area contributed by atoms with Crippen molar-refractivity contribution in [2.75, 3.05) is 0 Å². The second kappa shape index (κ2) is 6.14. The normalized spacial score (nSPS) is 11.5. The van der Waals surface area contributed by atoms with Crippen LogP contribution in [0.4, 0.5) is 4.39 Å². The Morgan fingerprint density at radius 1 is 1.37 bits per heavy atom. The molecule has 0 fully saturated rings. The molecule has 0 aliphatic rings. The molecule has 5 nitrogen and oxygen atoms in total. The van der Waals surface area contributed by atoms with Crippen LogP contribution in [0.15, 0.2) is 47.0 Å². The topological polar surface area (TPSA) is 84.4 Å². The van der Waals surface area contributed by atoms with Crippen molar-refractivity contribution in [1.29, 1.82) is 0 Å². The second-order valence-electron chi connectivity index (χ2n) is 3.61. The fourth-order valence-corrected chi connectivity index (χ4v) is 2.28. The van der Waals surface area contributed by atoms with Gasteiger partial charge < -0.3 is 10.9 Å². The molecule has 0 aliphatic carbocycles. The Kier molecular flexibility index (Phi) is 4.30. The van der Waals surface area contributed by atoms with E-state index in [0.29, 0.717) is 16.5 Å². The number of benzene rings is 1. The third-order valence-corrected chi connectivity index (χ3v) is 3.28. The van der Waals surface area contributed by atoms with E-state index < -0.39 is 5.82 Å². The summed E-state index contributed by atoms with van der Waals surface area (Å²) < 4.78 is 13.2. The molecule has 0 amide bonds. The molecule has 1 aromatic carbocycles. The fourth-order valence-electron chi connectivity index (χ4n) is 1.47. The number of rotatable bonds is 4. The molecule has 0 atom stereocenters. The molecule has 19 heavy (non-hydrogen) atoms. The standard InChI is InChI=1S/C12H11FN4OS/c13-9-3-2-8(10(6-9)11(14)17-18)7-19-12-15-4-1-5-16-12/h1-6,18H,7H2,(H2,14,17). The molecule has 3 N–H and O–H groups in total. The summed E-state index contributed by atoms with van der Waals surface area (Å²) in [6.45, 7) is 0. The quantitative estimate of drug-likeness (QED) is 0.223. The van der Waals surface area contributed by atoms with E-state index in [4.69, 9.17) is 10.9 Å². The van der Waals surface area contributed by atoms with Crippen LogP contribution >= 0.6 is 11.8 Å². The second-order valence-corrected chi connectivity index (χ2v) is 4.55. The van der Waals surface area contributed by atoms with Crippen molar-refractivity contribution in [3.63, 3.8) is 0 Å². The zero-order valence-corrected chi connectivity index (χ0v) is 10.6. The lowest BCUT2D eigenvalue weighted by Gasteiger charge is -2.07. The third-order valence-electron chi connectivity index (χ3n) is 2.35. The Morgan fingerprint density at radius 2 is 2.11 bits per heavy atom. The van der Waals surface area contributed by atoms with Crippen LogP contribution < -0.4 is 5.73 Å². The minimum atomic E-state index is -0.439. The smallest absolute Gasteiger partial charge is 0.187 e. The molecule has 0 spiro atoms. The van der Waals surface area contributed by atoms with E-state index in [2.05, 4.69) is 15.1 Å². The summed E-state index contributed by atoms with van der Waals surface area (Å²) in [6.07, 6.45) is 3.29. The summed E-state index contributed by atoms with van der Waals surface area (Å²) in [6, 6.07) is 5.88. The molecule has 98 valence electrons. The first-order valence-corrected chi connectivity index (χ1v) is 6.35. The van der Waals surface area contributed by atoms with Crippen molar-refractivity contribution in [2.45, 2.75) is 10.9 Å². The minimum Gasteiger partial charge on any atom is -0.409 e. The summed E-state index contributed by atoms with van der Waals surface area (Å²) in [5, 5.41) is 12.2. The van der Waals surface area contributed by atoms with E-state index in [9.17, 15) is 4.39 Å². The Morgan fingerprint density at radius 3 is 2.79 bits per heavy atom. The van der Waals surface area contributed by atoms with Crippen LogP contribution in [0, 0.1) is 5.82 Å². The van der Waals surface area contributed by atoms with E-state index in [0.717, 1.165) is 5.56 Å². The fraction of sp³-hybridized carbons (Fsp3) is 0.0833. The van der Waals surface area contributed by atoms with Crippen molar-refractivity contribution in [3.8, 4) is 0 Å². The summed E-state index contributed by atoms with van der Waals surface area (Å²) in [5.74, 6) is -0.0639. The predicted molar refractivity (Wildman–Crippen MR) is 70.5 cm³/mol. The van der Waals surface area contributed by atoms with Crippen LogP contribution in [0.3, 0.4) is 0 Å². The molecule has 1 heterocycles. The molecule has 2 rings (SSSR count). The molecular formula is C12H11FN4OS. The van der Waals surface area contributed by atoms with Gasteiger partial charge in [0.2, 0.25) is 0 Å². The van der Waals surface area contributed by atoms with Gasteiger partial charge in [0.25, 0.3) is 0 Å². The zero-order valence-electron chi connectivity index (χ0n) is 9.82. The number of amidine groups is 1. The van der Waals surface area contributed by atoms with Crippen molar-refractivity contribution < 1.29 is 9.60 Å². The maximum absolute atomic E-state index is 13.2. The van der Waals surface area contributed by atoms with Crippen LogP contribution in [0.2, 0.25) is 0 Å². The van der Waals surface area contributed by atoms with Crippen molar-refractivity contribution >= 4 is 17.6 Å². The average Bonchev–Trinajstić information content (AvgIpc) is 2.46. The van der Waals surface area contributed by atoms with Crippen LogP contribution in [0.25, 0.3) is 0 Å². The van der Waals surface area contributed by atoms with E-state index in [-0.39, 0.29) is 5.84 Å². The molecule has 1 aromatic heterocycles. The highest BCUT2D eigenvalue weighted by atomic mass is 32.2. The van der Waals surface area contributed by atoms with E-state index in [1.165, 1.54) is 23.9 Å². The number of halogens is 1. The van der Waals surface area contributed by atoms with Crippen molar-refractivity contribution in [3.05, 3.63) is 53.6 Å². The van der Waals surface area contributed by atoms with Crippen LogP contribution in [0.1, 0.15) is 11.1 Å². The van der Waals surface area contributed by atoms with Gasteiger partial charge in [-0.2, -0.15) is 0 Å². The summed E-state index contributed by atoms with van der Waals surface area (Å²) in [4.78, 5) is 8.15. The van der Waals surface area contributed by atoms with Gasteiger partial charge in [-0.05, 0) is 23.8 Å². The first-order valence-electron chi connectivity index (χ1n) is 5.37. The largest absolute Gasteiger partial charge is 0.409 e. The van der Waals surface area contributed by atoms with Crippen molar-refractivity contribution in [1.82, 2.24) is 9.97 Å². The van der Waals surface area contributed by atoms with E-state index in [1.807, 2.05) is 0 Å². The van der Waals surface area contributed by atoms with Gasteiger partial charge in [-0.25, -0.2) is 14.4 Å². The number of thioether (sulfide) groups is 1. The minimum absolute atomic E-state index is 0.121. The number of nitrogens with two attached hydrogens (primary N) is 1. The van der Waals surface area contributed by atoms with Crippen molar-refractivity contribution in [2.24, 2.45) is 10.9 Å². The summed E-state index contributed by atoms with van der Waals surface area (Å²) in [5.41, 5.74) is 6.64. The number of hydrogen-bond acceptors (Lipinski definition) is 5. The molecule has 0 unspecified atom stereocenters. The van der Waals surface area contributed by atoms with Crippen LogP contribution in [-0.2, 0) is 5.75 Å². The van der Waals surface area contributed by atoms with Gasteiger partial charge in [-0.15, -0.1) is 0 Å². The van der Waals surface area contributed by atoms with E-state index >= 15 is 0 Å². The molecular weight excluding hydrogens is 267 g/mol. The maximum atomic E-state index is 13.2. The van der Waals surface area contributed by atoms with Crippen LogP contribution in [-0.4, -0.2) is 21.0 Å². The third kappa shape index (κ3) is 3.41. The Bertz CT molecular complexity index is 592. The monoisotopic (exact) mass is 278 g/mol. The predicted octanol–water partition coefficient (Wildman–Crippen LogP) is 2.00. The Balaban J connectivity index is 2.20. The Labute approximate surface area is 113 Å². The highest BCUT2D eigenvalue weighted by Gasteiger charge is 2.09. The lowest BCUT2D eigenvalue weighted by molar-refractivity contribution is 0.318. The van der Waals surface area contributed by atoms with Gasteiger partial charge in [-0.3, -0.25) is 0 Å². The maximum Gasteiger partial charge on any atom is 0.187 e. The first kappa shape index (κ1) is 13.3. The lowest BCUT2D eigenvalue weighted by atomic mass is 10.1. The number of aromatic nitrogens is 2. The van der Waals surface area contributed by atoms with Gasteiger partial charge in [-0.1, -0.05) is 23.0 Å². The summed E-state index contributed by atoms with van der Waals surface area (Å²) >= 11 is 1.38. The molecule has 0 saturated heterocycles. The molecule has 0 saturated carbocycles. The number of hydrogen-bond donors (Lipinski definition) is 2. The highest BCUT2D eigenvalue weighted by molar-refractivity contribution is 7.98. The number of oxime groups is 1. The van der Waals surface area contributed by atoms with Gasteiger partial charge in [0.1, 0.15) is 5.82 Å². The molecule has 0 aliphatic heterocycles. The van der Waals surface area contributed by atoms with Crippen LogP contribution in [0.5, 0.6) is 0 Å². The van der Waals surface area contributed by atoms with Gasteiger partial charge >= 0.3 is 0 Å². The average molecular weight is 278 g/mol. The summed E-state index contributed by atoms with van der Waals surface area (Å²) in [7, 11) is 0. The van der Waals surface area contributed by atoms with Gasteiger partial charge in [0, 0.05) is 23.7 Å². The molecule has 0 bridgehead atoms. The molecule has 7 heteroatoms. The number of nitrogens with zero attached hydrogens (tertiary/aromatic N) is 3. The van der Waals surface area contributed by atoms with Gasteiger partial charge in [0.15, 0.2) is 11.0 Å². The lowest BCUT2D eigenvalue weighted by Crippen LogP contribution is -2.15. The van der Waals surface area contributed by atoms with Gasteiger partial charge in [0.05, 0.1) is 0 Å². The van der Waals surface area contributed by atoms with E-state index in [1.54, 1.807) is 24.5 Å². The molecule has 2 aromatic rings. The first-order chi connectivity index (χ1) is 9.20. The molecule has 0 radical (unpaired) electrons. The SMILES string of the molecule is NC(=NO)c1cc(F)ccc1CSc1ncccn1. The highest BCUT2D eigenvalue weighted by Crippen LogP contribution is 2.21.